The van der Waals surface area contributed by atoms with Crippen molar-refractivity contribution in [3.63, 3.8) is 0 Å². The van der Waals surface area contributed by atoms with Crippen LogP contribution in [0.5, 0.6) is 0 Å². The Labute approximate surface area is 158 Å². The summed E-state index contributed by atoms with van der Waals surface area (Å²) in [6.45, 7) is 3.69. The average molecular weight is 368 g/mol. The van der Waals surface area contributed by atoms with Crippen molar-refractivity contribution in [2.24, 2.45) is 5.73 Å². The van der Waals surface area contributed by atoms with Crippen LogP contribution in [0.15, 0.2) is 48.5 Å². The fourth-order valence-electron chi connectivity index (χ4n) is 2.98. The number of primary amides is 1. The van der Waals surface area contributed by atoms with Gasteiger partial charge in [0.25, 0.3) is 0 Å². The molecule has 0 saturated carbocycles. The van der Waals surface area contributed by atoms with Crippen LogP contribution >= 0.6 is 0 Å². The number of carbonyl (C=O) groups excluding carboxylic acids is 2. The molecule has 3 N–H and O–H groups in total. The third-order valence-electron chi connectivity index (χ3n) is 4.57. The van der Waals surface area contributed by atoms with Crippen LogP contribution in [0.4, 0.5) is 16.2 Å². The van der Waals surface area contributed by atoms with Gasteiger partial charge in [-0.2, -0.15) is 0 Å². The third kappa shape index (κ3) is 4.98. The van der Waals surface area contributed by atoms with Crippen LogP contribution in [-0.4, -0.2) is 50.1 Å². The van der Waals surface area contributed by atoms with Gasteiger partial charge in [0.2, 0.25) is 5.91 Å². The Balaban J connectivity index is 1.74. The zero-order valence-corrected chi connectivity index (χ0v) is 15.4. The fourth-order valence-corrected chi connectivity index (χ4v) is 2.98. The van der Waals surface area contributed by atoms with Gasteiger partial charge in [0, 0.05) is 31.7 Å². The lowest BCUT2D eigenvalue weighted by Crippen LogP contribution is -2.44. The molecule has 7 nitrogen and oxygen atoms in total. The lowest BCUT2D eigenvalue weighted by Gasteiger charge is -2.35. The number of anilines is 2. The standard InChI is InChI=1S/C20H24N4O3/c1-23-9-11-24(12-10-23)18-8-7-16(19(21)25)13-17(18)22-20(26)27-14-15-5-3-2-4-6-15/h2-8,13H,9-12,14H2,1H3,(H2,21,25)(H,22,26). The lowest BCUT2D eigenvalue weighted by atomic mass is 10.1. The maximum absolute atomic E-state index is 12.3. The molecule has 2 aromatic rings. The number of amides is 2. The zero-order chi connectivity index (χ0) is 19.2. The molecule has 0 radical (unpaired) electrons. The van der Waals surface area contributed by atoms with E-state index in [0.717, 1.165) is 37.4 Å². The van der Waals surface area contributed by atoms with Gasteiger partial charge in [0.1, 0.15) is 6.61 Å². The van der Waals surface area contributed by atoms with E-state index in [2.05, 4.69) is 22.2 Å². The Kier molecular flexibility index (Phi) is 5.93. The van der Waals surface area contributed by atoms with Crippen LogP contribution in [0.2, 0.25) is 0 Å². The molecule has 0 bridgehead atoms. The summed E-state index contributed by atoms with van der Waals surface area (Å²) in [6, 6.07) is 14.5. The highest BCUT2D eigenvalue weighted by molar-refractivity contribution is 5.97. The van der Waals surface area contributed by atoms with E-state index in [9.17, 15) is 9.59 Å². The first kappa shape index (κ1) is 18.7. The summed E-state index contributed by atoms with van der Waals surface area (Å²) in [5.41, 5.74) is 8.01. The molecule has 1 heterocycles. The minimum absolute atomic E-state index is 0.173. The van der Waals surface area contributed by atoms with Crippen LogP contribution in [0.3, 0.4) is 0 Å². The predicted molar refractivity (Wildman–Crippen MR) is 105 cm³/mol. The largest absolute Gasteiger partial charge is 0.444 e. The molecule has 3 rings (SSSR count). The van der Waals surface area contributed by atoms with E-state index in [4.69, 9.17) is 10.5 Å². The fraction of sp³-hybridized carbons (Fsp3) is 0.300. The molecule has 0 aliphatic carbocycles. The Morgan fingerprint density at radius 3 is 2.44 bits per heavy atom. The molecule has 1 fully saturated rings. The summed E-state index contributed by atoms with van der Waals surface area (Å²) in [5.74, 6) is -0.541. The molecule has 0 unspecified atom stereocenters. The van der Waals surface area contributed by atoms with E-state index in [1.807, 2.05) is 36.4 Å². The first-order valence-electron chi connectivity index (χ1n) is 8.88. The van der Waals surface area contributed by atoms with Gasteiger partial charge in [0.05, 0.1) is 11.4 Å². The Bertz CT molecular complexity index is 802. The van der Waals surface area contributed by atoms with Gasteiger partial charge in [0.15, 0.2) is 0 Å². The highest BCUT2D eigenvalue weighted by Gasteiger charge is 2.19. The molecule has 142 valence electrons. The molecule has 1 aliphatic rings. The highest BCUT2D eigenvalue weighted by atomic mass is 16.5. The maximum Gasteiger partial charge on any atom is 0.412 e. The number of hydrogen-bond acceptors (Lipinski definition) is 5. The van der Waals surface area contributed by atoms with Crippen LogP contribution in [-0.2, 0) is 11.3 Å². The van der Waals surface area contributed by atoms with Gasteiger partial charge in [-0.3, -0.25) is 10.1 Å². The molecule has 0 aromatic heterocycles. The molecule has 27 heavy (non-hydrogen) atoms. The Hall–Kier alpha value is -3.06. The SMILES string of the molecule is CN1CCN(c2ccc(C(N)=O)cc2NC(=O)OCc2ccccc2)CC1. The summed E-state index contributed by atoms with van der Waals surface area (Å²) in [6.07, 6.45) is -0.573. The van der Waals surface area contributed by atoms with Crippen molar-refractivity contribution >= 4 is 23.4 Å². The van der Waals surface area contributed by atoms with Gasteiger partial charge < -0.3 is 20.3 Å². The second-order valence-corrected chi connectivity index (χ2v) is 6.57. The minimum atomic E-state index is -0.573. The van der Waals surface area contributed by atoms with E-state index >= 15 is 0 Å². The van der Waals surface area contributed by atoms with Crippen molar-refractivity contribution in [1.82, 2.24) is 4.90 Å². The Morgan fingerprint density at radius 2 is 1.78 bits per heavy atom. The number of benzene rings is 2. The number of nitrogens with two attached hydrogens (primary N) is 1. The number of nitrogens with zero attached hydrogens (tertiary/aromatic N) is 2. The van der Waals surface area contributed by atoms with Crippen LogP contribution in [0.1, 0.15) is 15.9 Å². The molecule has 1 aliphatic heterocycles. The number of carbonyl (C=O) groups is 2. The molecule has 1 saturated heterocycles. The molecule has 7 heteroatoms. The summed E-state index contributed by atoms with van der Waals surface area (Å²) in [4.78, 5) is 28.2. The molecule has 2 amide bonds. The topological polar surface area (TPSA) is 87.9 Å². The number of rotatable bonds is 5. The molecule has 2 aromatic carbocycles. The smallest absolute Gasteiger partial charge is 0.412 e. The summed E-state index contributed by atoms with van der Waals surface area (Å²) < 4.78 is 5.30. The first-order valence-corrected chi connectivity index (χ1v) is 8.88. The summed E-state index contributed by atoms with van der Waals surface area (Å²) in [5, 5.41) is 2.76. The van der Waals surface area contributed by atoms with Crippen LogP contribution < -0.4 is 16.0 Å². The molecule has 0 atom stereocenters. The van der Waals surface area contributed by atoms with Crippen molar-refractivity contribution in [2.75, 3.05) is 43.4 Å². The molecule has 0 spiro atoms. The normalized spacial score (nSPS) is 14.6. The van der Waals surface area contributed by atoms with Gasteiger partial charge in [-0.15, -0.1) is 0 Å². The number of hydrogen-bond donors (Lipinski definition) is 2. The van der Waals surface area contributed by atoms with Gasteiger partial charge in [-0.1, -0.05) is 30.3 Å². The van der Waals surface area contributed by atoms with Crippen molar-refractivity contribution in [3.8, 4) is 0 Å². The van der Waals surface area contributed by atoms with Crippen molar-refractivity contribution in [3.05, 3.63) is 59.7 Å². The van der Waals surface area contributed by atoms with Gasteiger partial charge in [-0.25, -0.2) is 4.79 Å². The van der Waals surface area contributed by atoms with Crippen LogP contribution in [0.25, 0.3) is 0 Å². The Morgan fingerprint density at radius 1 is 1.07 bits per heavy atom. The quantitative estimate of drug-likeness (QED) is 0.845. The van der Waals surface area contributed by atoms with Crippen molar-refractivity contribution < 1.29 is 14.3 Å². The maximum atomic E-state index is 12.3. The number of piperazine rings is 1. The first-order chi connectivity index (χ1) is 13.0. The van der Waals surface area contributed by atoms with Crippen LogP contribution in [0, 0.1) is 0 Å². The summed E-state index contributed by atoms with van der Waals surface area (Å²) >= 11 is 0. The second kappa shape index (κ2) is 8.55. The summed E-state index contributed by atoms with van der Waals surface area (Å²) in [7, 11) is 2.08. The third-order valence-corrected chi connectivity index (χ3v) is 4.57. The monoisotopic (exact) mass is 368 g/mol. The number of nitrogens with one attached hydrogen (secondary N) is 1. The van der Waals surface area contributed by atoms with Gasteiger partial charge in [-0.05, 0) is 30.8 Å². The van der Waals surface area contributed by atoms with E-state index in [-0.39, 0.29) is 6.61 Å². The molecular formula is C20H24N4O3. The van der Waals surface area contributed by atoms with E-state index in [1.165, 1.54) is 0 Å². The minimum Gasteiger partial charge on any atom is -0.444 e. The van der Waals surface area contributed by atoms with E-state index in [0.29, 0.717) is 11.3 Å². The number of ether oxygens (including phenoxy) is 1. The van der Waals surface area contributed by atoms with Gasteiger partial charge >= 0.3 is 6.09 Å². The zero-order valence-electron chi connectivity index (χ0n) is 15.4. The van der Waals surface area contributed by atoms with E-state index in [1.54, 1.807) is 12.1 Å². The van der Waals surface area contributed by atoms with Crippen molar-refractivity contribution in [2.45, 2.75) is 6.61 Å². The number of likely N-dealkylation sites (N-methyl/N-ethyl adjacent to an activating group) is 1. The van der Waals surface area contributed by atoms with E-state index < -0.39 is 12.0 Å². The second-order valence-electron chi connectivity index (χ2n) is 6.57. The highest BCUT2D eigenvalue weighted by Crippen LogP contribution is 2.28. The predicted octanol–water partition coefficient (Wildman–Crippen LogP) is 2.29. The average Bonchev–Trinajstić information content (AvgIpc) is 2.68. The molecular weight excluding hydrogens is 344 g/mol. The lowest BCUT2D eigenvalue weighted by molar-refractivity contribution is 0.1000. The van der Waals surface area contributed by atoms with Crippen molar-refractivity contribution in [1.29, 1.82) is 0 Å².